The number of alkyl halides is 3. The number of anilines is 1. The Morgan fingerprint density at radius 2 is 1.93 bits per heavy atom. The molecule has 1 rings (SSSR count). The molecule has 0 bridgehead atoms. The molecule has 0 aliphatic heterocycles. The van der Waals surface area contributed by atoms with Crippen LogP contribution in [0.5, 0.6) is 5.75 Å². The van der Waals surface area contributed by atoms with E-state index >= 15 is 0 Å². The van der Waals surface area contributed by atoms with Gasteiger partial charge in [-0.1, -0.05) is 0 Å². The van der Waals surface area contributed by atoms with Crippen LogP contribution in [0.2, 0.25) is 0 Å². The van der Waals surface area contributed by atoms with Crippen LogP contribution >= 0.6 is 0 Å². The summed E-state index contributed by atoms with van der Waals surface area (Å²) in [6.07, 6.45) is -5.62. The van der Waals surface area contributed by atoms with Crippen molar-refractivity contribution in [3.05, 3.63) is 23.8 Å². The van der Waals surface area contributed by atoms with Gasteiger partial charge < -0.3 is 16.2 Å². The van der Waals surface area contributed by atoms with E-state index in [4.69, 9.17) is 5.73 Å². The summed E-state index contributed by atoms with van der Waals surface area (Å²) in [5, 5.41) is 0. The monoisotopic (exact) mass is 220 g/mol. The molecular weight excluding hydrogens is 213 g/mol. The molecule has 0 atom stereocenters. The Balaban J connectivity index is 3.03. The van der Waals surface area contributed by atoms with Crippen LogP contribution in [0.4, 0.5) is 23.7 Å². The summed E-state index contributed by atoms with van der Waals surface area (Å²) in [5.41, 5.74) is 8.69. The van der Waals surface area contributed by atoms with Crippen molar-refractivity contribution >= 4 is 11.8 Å². The Labute approximate surface area is 82.6 Å². The Morgan fingerprint density at radius 3 is 2.33 bits per heavy atom. The van der Waals surface area contributed by atoms with Crippen molar-refractivity contribution in [2.45, 2.75) is 6.18 Å². The summed E-state index contributed by atoms with van der Waals surface area (Å²) in [4.78, 5) is 10.3. The molecule has 4 nitrogen and oxygen atoms in total. The lowest BCUT2D eigenvalue weighted by molar-refractivity contribution is -0.137. The number of ether oxygens (including phenoxy) is 1. The van der Waals surface area contributed by atoms with Gasteiger partial charge in [-0.2, -0.15) is 13.2 Å². The third-order valence-corrected chi connectivity index (χ3v) is 1.55. The van der Waals surface area contributed by atoms with Crippen molar-refractivity contribution in [3.8, 4) is 5.75 Å². The zero-order valence-corrected chi connectivity index (χ0v) is 7.34. The molecule has 0 saturated heterocycles. The Kier molecular flexibility index (Phi) is 2.74. The Bertz CT molecular complexity index is 390. The molecule has 1 amide bonds. The van der Waals surface area contributed by atoms with E-state index in [1.54, 1.807) is 0 Å². The van der Waals surface area contributed by atoms with Crippen molar-refractivity contribution in [2.75, 3.05) is 5.73 Å². The number of hydrogen-bond donors (Lipinski definition) is 2. The highest BCUT2D eigenvalue weighted by Gasteiger charge is 2.31. The average Bonchev–Trinajstić information content (AvgIpc) is 2.05. The number of hydrogen-bond acceptors (Lipinski definition) is 3. The summed E-state index contributed by atoms with van der Waals surface area (Å²) in [7, 11) is 0. The minimum atomic E-state index is -4.49. The third-order valence-electron chi connectivity index (χ3n) is 1.55. The average molecular weight is 220 g/mol. The summed E-state index contributed by atoms with van der Waals surface area (Å²) in [5.74, 6) is -0.199. The maximum atomic E-state index is 12.2. The smallest absolute Gasteiger partial charge is 0.408 e. The van der Waals surface area contributed by atoms with Crippen molar-refractivity contribution in [1.82, 2.24) is 0 Å². The molecule has 0 fully saturated rings. The van der Waals surface area contributed by atoms with E-state index in [1.165, 1.54) is 0 Å². The molecule has 0 spiro atoms. The molecule has 4 N–H and O–H groups in total. The van der Waals surface area contributed by atoms with Crippen LogP contribution in [0, 0.1) is 0 Å². The van der Waals surface area contributed by atoms with Gasteiger partial charge in [0.2, 0.25) is 0 Å². The number of benzene rings is 1. The van der Waals surface area contributed by atoms with Crippen molar-refractivity contribution < 1.29 is 22.7 Å². The van der Waals surface area contributed by atoms with E-state index in [1.807, 2.05) is 0 Å². The largest absolute Gasteiger partial charge is 0.416 e. The van der Waals surface area contributed by atoms with Crippen LogP contribution in [0.3, 0.4) is 0 Å². The predicted octanol–water partition coefficient (Wildman–Crippen LogP) is 1.75. The highest BCUT2D eigenvalue weighted by Crippen LogP contribution is 2.33. The van der Waals surface area contributed by atoms with Crippen LogP contribution in [-0.4, -0.2) is 6.09 Å². The highest BCUT2D eigenvalue weighted by molar-refractivity contribution is 5.71. The number of carbonyl (C=O) groups is 1. The fourth-order valence-electron chi connectivity index (χ4n) is 0.926. The van der Waals surface area contributed by atoms with Crippen molar-refractivity contribution in [3.63, 3.8) is 0 Å². The molecular formula is C8H7F3N2O2. The number of halogens is 3. The second-order valence-corrected chi connectivity index (χ2v) is 2.67. The van der Waals surface area contributed by atoms with Gasteiger partial charge in [-0.05, 0) is 18.2 Å². The molecule has 0 aliphatic rings. The van der Waals surface area contributed by atoms with Gasteiger partial charge in [-0.25, -0.2) is 4.79 Å². The van der Waals surface area contributed by atoms with Crippen LogP contribution in [-0.2, 0) is 6.18 Å². The molecule has 1 aromatic carbocycles. The molecule has 82 valence electrons. The predicted molar refractivity (Wildman–Crippen MR) is 46.1 cm³/mol. The van der Waals surface area contributed by atoms with E-state index in [2.05, 4.69) is 10.5 Å². The van der Waals surface area contributed by atoms with Crippen molar-refractivity contribution in [2.24, 2.45) is 5.73 Å². The van der Waals surface area contributed by atoms with Gasteiger partial charge in [0.1, 0.15) is 0 Å². The number of carbonyl (C=O) groups excluding carboxylic acids is 1. The number of nitrogens with two attached hydrogens (primary N) is 2. The molecule has 0 aromatic heterocycles. The van der Waals surface area contributed by atoms with Crippen LogP contribution in [0.15, 0.2) is 18.2 Å². The van der Waals surface area contributed by atoms with E-state index in [0.717, 1.165) is 12.1 Å². The second kappa shape index (κ2) is 3.68. The molecule has 1 aromatic rings. The van der Waals surface area contributed by atoms with E-state index in [9.17, 15) is 18.0 Å². The van der Waals surface area contributed by atoms with Gasteiger partial charge >= 0.3 is 12.3 Å². The Morgan fingerprint density at radius 1 is 1.33 bits per heavy atom. The lowest BCUT2D eigenvalue weighted by atomic mass is 10.2. The molecule has 0 saturated carbocycles. The van der Waals surface area contributed by atoms with E-state index in [-0.39, 0.29) is 11.4 Å². The maximum absolute atomic E-state index is 12.2. The summed E-state index contributed by atoms with van der Waals surface area (Å²) >= 11 is 0. The summed E-state index contributed by atoms with van der Waals surface area (Å²) in [6, 6.07) is 2.34. The lowest BCUT2D eigenvalue weighted by Gasteiger charge is -2.09. The first-order valence-electron chi connectivity index (χ1n) is 3.74. The van der Waals surface area contributed by atoms with Gasteiger partial charge in [-0.3, -0.25) is 0 Å². The van der Waals surface area contributed by atoms with Gasteiger partial charge in [0, 0.05) is 0 Å². The summed E-state index contributed by atoms with van der Waals surface area (Å²) < 4.78 is 40.9. The lowest BCUT2D eigenvalue weighted by Crippen LogP contribution is -2.17. The number of amides is 1. The minimum absolute atomic E-state index is 0.199. The zero-order chi connectivity index (χ0) is 11.6. The number of nitrogen functional groups attached to an aromatic ring is 1. The third kappa shape index (κ3) is 2.76. The zero-order valence-electron chi connectivity index (χ0n) is 7.34. The second-order valence-electron chi connectivity index (χ2n) is 2.67. The standard InChI is InChI=1S/C8H7F3N2O2/c9-8(10,11)4-1-2-6(5(12)3-4)15-7(13)14/h1-3H,12H2,(H2,13,14). The minimum Gasteiger partial charge on any atom is -0.408 e. The van der Waals surface area contributed by atoms with Crippen molar-refractivity contribution in [1.29, 1.82) is 0 Å². The first-order chi connectivity index (χ1) is 6.80. The molecule has 15 heavy (non-hydrogen) atoms. The normalized spacial score (nSPS) is 11.1. The van der Waals surface area contributed by atoms with E-state index in [0.29, 0.717) is 6.07 Å². The maximum Gasteiger partial charge on any atom is 0.416 e. The molecule has 0 aliphatic carbocycles. The highest BCUT2D eigenvalue weighted by atomic mass is 19.4. The van der Waals surface area contributed by atoms with Gasteiger partial charge in [0.15, 0.2) is 5.75 Å². The Hall–Kier alpha value is -1.92. The molecule has 0 unspecified atom stereocenters. The number of primary amides is 1. The van der Waals surface area contributed by atoms with Gasteiger partial charge in [-0.15, -0.1) is 0 Å². The fraction of sp³-hybridized carbons (Fsp3) is 0.125. The van der Waals surface area contributed by atoms with Gasteiger partial charge in [0.05, 0.1) is 11.3 Å². The quantitative estimate of drug-likeness (QED) is 0.707. The first-order valence-corrected chi connectivity index (χ1v) is 3.74. The van der Waals surface area contributed by atoms with Crippen LogP contribution in [0.1, 0.15) is 5.56 Å². The topological polar surface area (TPSA) is 78.3 Å². The van der Waals surface area contributed by atoms with Gasteiger partial charge in [0.25, 0.3) is 0 Å². The fourth-order valence-corrected chi connectivity index (χ4v) is 0.926. The summed E-state index contributed by atoms with van der Waals surface area (Å²) in [6.45, 7) is 0. The van der Waals surface area contributed by atoms with Crippen LogP contribution in [0.25, 0.3) is 0 Å². The van der Waals surface area contributed by atoms with Crippen LogP contribution < -0.4 is 16.2 Å². The molecule has 7 heteroatoms. The SMILES string of the molecule is NC(=O)Oc1ccc(C(F)(F)F)cc1N. The molecule has 0 radical (unpaired) electrons. The first kappa shape index (κ1) is 11.2. The van der Waals surface area contributed by atoms with E-state index < -0.39 is 17.8 Å². The number of rotatable bonds is 1. The molecule has 0 heterocycles.